The SMILES string of the molecule is CCN(CCc1cccnc1)C1CC2CCC(C1)N2. The van der Waals surface area contributed by atoms with E-state index in [0.717, 1.165) is 24.5 Å². The smallest absolute Gasteiger partial charge is 0.0300 e. The van der Waals surface area contributed by atoms with E-state index in [1.54, 1.807) is 0 Å². The first-order valence-corrected chi connectivity index (χ1v) is 7.74. The van der Waals surface area contributed by atoms with Gasteiger partial charge in [-0.15, -0.1) is 0 Å². The molecule has 0 amide bonds. The van der Waals surface area contributed by atoms with Crippen molar-refractivity contribution in [2.24, 2.45) is 0 Å². The Labute approximate surface area is 116 Å². The topological polar surface area (TPSA) is 28.2 Å². The van der Waals surface area contributed by atoms with Crippen molar-refractivity contribution in [1.82, 2.24) is 15.2 Å². The van der Waals surface area contributed by atoms with Crippen molar-refractivity contribution in [3.63, 3.8) is 0 Å². The van der Waals surface area contributed by atoms with E-state index < -0.39 is 0 Å². The maximum Gasteiger partial charge on any atom is 0.0300 e. The van der Waals surface area contributed by atoms with Gasteiger partial charge in [0, 0.05) is 37.1 Å². The molecular formula is C16H25N3. The number of hydrogen-bond acceptors (Lipinski definition) is 3. The highest BCUT2D eigenvalue weighted by molar-refractivity contribution is 5.09. The summed E-state index contributed by atoms with van der Waals surface area (Å²) in [6.45, 7) is 4.64. The van der Waals surface area contributed by atoms with Gasteiger partial charge in [-0.25, -0.2) is 0 Å². The normalized spacial score (nSPS) is 29.9. The lowest BCUT2D eigenvalue weighted by Gasteiger charge is -2.37. The average Bonchev–Trinajstić information content (AvgIpc) is 2.79. The Morgan fingerprint density at radius 2 is 2.11 bits per heavy atom. The molecule has 0 saturated carbocycles. The molecule has 0 spiro atoms. The zero-order chi connectivity index (χ0) is 13.1. The molecular weight excluding hydrogens is 234 g/mol. The van der Waals surface area contributed by atoms with Crippen LogP contribution in [0.4, 0.5) is 0 Å². The molecule has 2 unspecified atom stereocenters. The van der Waals surface area contributed by atoms with Gasteiger partial charge in [0.25, 0.3) is 0 Å². The van der Waals surface area contributed by atoms with E-state index in [0.29, 0.717) is 0 Å². The third-order valence-corrected chi connectivity index (χ3v) is 4.78. The van der Waals surface area contributed by atoms with Crippen LogP contribution >= 0.6 is 0 Å². The van der Waals surface area contributed by atoms with Crippen molar-refractivity contribution >= 4 is 0 Å². The van der Waals surface area contributed by atoms with E-state index in [9.17, 15) is 0 Å². The summed E-state index contributed by atoms with van der Waals surface area (Å²) in [6.07, 6.45) is 10.4. The van der Waals surface area contributed by atoms with E-state index in [4.69, 9.17) is 0 Å². The lowest BCUT2D eigenvalue weighted by molar-refractivity contribution is 0.149. The fourth-order valence-electron chi connectivity index (χ4n) is 3.74. The summed E-state index contributed by atoms with van der Waals surface area (Å²) in [4.78, 5) is 6.89. The summed E-state index contributed by atoms with van der Waals surface area (Å²) in [7, 11) is 0. The number of rotatable bonds is 5. The lowest BCUT2D eigenvalue weighted by atomic mass is 9.97. The largest absolute Gasteiger partial charge is 0.311 e. The molecule has 0 aliphatic carbocycles. The highest BCUT2D eigenvalue weighted by Crippen LogP contribution is 2.29. The number of likely N-dealkylation sites (N-methyl/N-ethyl adjacent to an activating group) is 1. The highest BCUT2D eigenvalue weighted by atomic mass is 15.2. The minimum atomic E-state index is 0.788. The van der Waals surface area contributed by atoms with Crippen LogP contribution in [0.25, 0.3) is 0 Å². The number of pyridine rings is 1. The van der Waals surface area contributed by atoms with Crippen molar-refractivity contribution in [3.05, 3.63) is 30.1 Å². The molecule has 3 rings (SSSR count). The van der Waals surface area contributed by atoms with Gasteiger partial charge in [0.1, 0.15) is 0 Å². The fraction of sp³-hybridized carbons (Fsp3) is 0.688. The van der Waals surface area contributed by atoms with E-state index in [2.05, 4.69) is 28.2 Å². The van der Waals surface area contributed by atoms with Crippen LogP contribution in [0.2, 0.25) is 0 Å². The second kappa shape index (κ2) is 6.02. The van der Waals surface area contributed by atoms with Gasteiger partial charge in [0.05, 0.1) is 0 Å². The molecule has 3 heteroatoms. The van der Waals surface area contributed by atoms with Crippen molar-refractivity contribution in [3.8, 4) is 0 Å². The number of nitrogens with zero attached hydrogens (tertiary/aromatic N) is 2. The minimum Gasteiger partial charge on any atom is -0.311 e. The zero-order valence-electron chi connectivity index (χ0n) is 11.9. The van der Waals surface area contributed by atoms with Gasteiger partial charge in [0.15, 0.2) is 0 Å². The Morgan fingerprint density at radius 3 is 2.74 bits per heavy atom. The molecule has 1 N–H and O–H groups in total. The predicted molar refractivity (Wildman–Crippen MR) is 78.2 cm³/mol. The molecule has 2 aliphatic rings. The summed E-state index contributed by atoms with van der Waals surface area (Å²) >= 11 is 0. The number of nitrogens with one attached hydrogen (secondary N) is 1. The van der Waals surface area contributed by atoms with Gasteiger partial charge in [-0.05, 0) is 50.3 Å². The summed E-state index contributed by atoms with van der Waals surface area (Å²) in [5.74, 6) is 0. The van der Waals surface area contributed by atoms with Crippen LogP contribution in [0, 0.1) is 0 Å². The average molecular weight is 259 g/mol. The van der Waals surface area contributed by atoms with Crippen molar-refractivity contribution < 1.29 is 0 Å². The lowest BCUT2D eigenvalue weighted by Crippen LogP contribution is -2.48. The van der Waals surface area contributed by atoms with Gasteiger partial charge in [-0.3, -0.25) is 4.98 Å². The van der Waals surface area contributed by atoms with Crippen LogP contribution in [-0.4, -0.2) is 41.1 Å². The minimum absolute atomic E-state index is 0.788. The summed E-state index contributed by atoms with van der Waals surface area (Å²) in [6, 6.07) is 6.59. The number of aromatic nitrogens is 1. The van der Waals surface area contributed by atoms with Crippen molar-refractivity contribution in [2.45, 2.75) is 57.2 Å². The van der Waals surface area contributed by atoms with Crippen LogP contribution in [0.1, 0.15) is 38.2 Å². The van der Waals surface area contributed by atoms with Crippen LogP contribution in [0.3, 0.4) is 0 Å². The van der Waals surface area contributed by atoms with E-state index in [-0.39, 0.29) is 0 Å². The second-order valence-electron chi connectivity index (χ2n) is 6.00. The third-order valence-electron chi connectivity index (χ3n) is 4.78. The molecule has 3 heterocycles. The summed E-state index contributed by atoms with van der Waals surface area (Å²) < 4.78 is 0. The molecule has 1 aromatic heterocycles. The second-order valence-corrected chi connectivity index (χ2v) is 6.00. The molecule has 2 fully saturated rings. The van der Waals surface area contributed by atoms with Gasteiger partial charge in [0.2, 0.25) is 0 Å². The van der Waals surface area contributed by atoms with E-state index >= 15 is 0 Å². The van der Waals surface area contributed by atoms with Crippen molar-refractivity contribution in [2.75, 3.05) is 13.1 Å². The quantitative estimate of drug-likeness (QED) is 0.879. The van der Waals surface area contributed by atoms with Gasteiger partial charge < -0.3 is 10.2 Å². The van der Waals surface area contributed by atoms with Crippen molar-refractivity contribution in [1.29, 1.82) is 0 Å². The summed E-state index contributed by atoms with van der Waals surface area (Å²) in [5, 5.41) is 3.74. The molecule has 2 atom stereocenters. The monoisotopic (exact) mass is 259 g/mol. The maximum absolute atomic E-state index is 4.21. The number of hydrogen-bond donors (Lipinski definition) is 1. The van der Waals surface area contributed by atoms with Crippen LogP contribution in [-0.2, 0) is 6.42 Å². The van der Waals surface area contributed by atoms with Gasteiger partial charge in [-0.2, -0.15) is 0 Å². The Balaban J connectivity index is 1.55. The molecule has 3 nitrogen and oxygen atoms in total. The first-order chi connectivity index (χ1) is 9.35. The molecule has 19 heavy (non-hydrogen) atoms. The molecule has 1 aromatic rings. The Morgan fingerprint density at radius 1 is 1.32 bits per heavy atom. The standard InChI is InChI=1S/C16H25N3/c1-2-19(9-7-13-4-3-8-17-12-13)16-10-14-5-6-15(11-16)18-14/h3-4,8,12,14-16,18H,2,5-7,9-11H2,1H3. The zero-order valence-corrected chi connectivity index (χ0v) is 11.9. The molecule has 0 radical (unpaired) electrons. The predicted octanol–water partition coefficient (Wildman–Crippen LogP) is 2.23. The van der Waals surface area contributed by atoms with Crippen LogP contribution < -0.4 is 5.32 Å². The van der Waals surface area contributed by atoms with E-state index in [1.807, 2.05) is 18.5 Å². The Kier molecular flexibility index (Phi) is 4.14. The van der Waals surface area contributed by atoms with Crippen LogP contribution in [0.5, 0.6) is 0 Å². The van der Waals surface area contributed by atoms with Gasteiger partial charge in [-0.1, -0.05) is 13.0 Å². The molecule has 2 aliphatic heterocycles. The maximum atomic E-state index is 4.21. The molecule has 104 valence electrons. The first kappa shape index (κ1) is 13.1. The Hall–Kier alpha value is -0.930. The Bertz CT molecular complexity index is 380. The number of piperidine rings is 1. The molecule has 2 bridgehead atoms. The highest BCUT2D eigenvalue weighted by Gasteiger charge is 2.35. The molecule has 0 aromatic carbocycles. The third kappa shape index (κ3) is 3.15. The fourth-order valence-corrected chi connectivity index (χ4v) is 3.74. The molecule has 2 saturated heterocycles. The first-order valence-electron chi connectivity index (χ1n) is 7.74. The van der Waals surface area contributed by atoms with Gasteiger partial charge >= 0.3 is 0 Å². The van der Waals surface area contributed by atoms with Crippen LogP contribution in [0.15, 0.2) is 24.5 Å². The summed E-state index contributed by atoms with van der Waals surface area (Å²) in [5.41, 5.74) is 1.36. The number of fused-ring (bicyclic) bond motifs is 2. The van der Waals surface area contributed by atoms with E-state index in [1.165, 1.54) is 44.3 Å².